The smallest absolute Gasteiger partial charge is 0.119 e. The Balaban J connectivity index is 2.24. The highest BCUT2D eigenvalue weighted by Gasteiger charge is 2.20. The molecule has 1 N–H and O–H groups in total. The summed E-state index contributed by atoms with van der Waals surface area (Å²) in [6.07, 6.45) is 2.00. The van der Waals surface area contributed by atoms with Crippen LogP contribution in [-0.4, -0.2) is 28.6 Å². The predicted molar refractivity (Wildman–Crippen MR) is 107 cm³/mol. The average Bonchev–Trinajstić information content (AvgIpc) is 2.56. The average molecular weight is 340 g/mol. The molecule has 2 aromatic carbocycles. The Hall–Kier alpha value is -1.80. The number of aryl methyl sites for hydroxylation is 1. The first-order chi connectivity index (χ1) is 11.9. The second-order valence-corrected chi connectivity index (χ2v) is 7.66. The van der Waals surface area contributed by atoms with Crippen LogP contribution in [0.4, 0.5) is 0 Å². The van der Waals surface area contributed by atoms with Crippen LogP contribution >= 0.6 is 0 Å². The van der Waals surface area contributed by atoms with Gasteiger partial charge in [0.15, 0.2) is 0 Å². The van der Waals surface area contributed by atoms with Gasteiger partial charge in [0.1, 0.15) is 5.75 Å². The summed E-state index contributed by atoms with van der Waals surface area (Å²) in [5, 5.41) is 10.5. The van der Waals surface area contributed by atoms with Gasteiger partial charge >= 0.3 is 0 Å². The molecule has 1 unspecified atom stereocenters. The Labute approximate surface area is 153 Å². The van der Waals surface area contributed by atoms with E-state index in [4.69, 9.17) is 0 Å². The lowest BCUT2D eigenvalue weighted by Gasteiger charge is -2.32. The second kappa shape index (κ2) is 9.05. The third-order valence-corrected chi connectivity index (χ3v) is 5.01. The fourth-order valence-electron chi connectivity index (χ4n) is 3.68. The number of aromatic hydroxyl groups is 1. The maximum Gasteiger partial charge on any atom is 0.119 e. The summed E-state index contributed by atoms with van der Waals surface area (Å²) in [5.74, 6) is 0.745. The fourth-order valence-corrected chi connectivity index (χ4v) is 3.68. The second-order valence-electron chi connectivity index (χ2n) is 7.66. The first-order valence-electron chi connectivity index (χ1n) is 9.47. The van der Waals surface area contributed by atoms with Gasteiger partial charge in [-0.3, -0.25) is 4.90 Å². The predicted octanol–water partition coefficient (Wildman–Crippen LogP) is 5.54. The standard InChI is InChI=1S/C23H33NO/c1-17(2)24(18(3)4)14-13-21(16-20-9-7-6-8-10-20)22-15-19(5)11-12-23(22)25/h6-12,15,17-18,21,25H,13-14,16H2,1-5H3. The van der Waals surface area contributed by atoms with Crippen molar-refractivity contribution in [2.24, 2.45) is 0 Å². The summed E-state index contributed by atoms with van der Waals surface area (Å²) in [7, 11) is 0. The molecule has 25 heavy (non-hydrogen) atoms. The maximum absolute atomic E-state index is 10.5. The van der Waals surface area contributed by atoms with E-state index in [1.165, 1.54) is 11.1 Å². The van der Waals surface area contributed by atoms with Gasteiger partial charge in [0.2, 0.25) is 0 Å². The minimum Gasteiger partial charge on any atom is -0.508 e. The van der Waals surface area contributed by atoms with E-state index in [0.717, 1.165) is 24.9 Å². The molecule has 0 saturated carbocycles. The maximum atomic E-state index is 10.5. The van der Waals surface area contributed by atoms with Crippen molar-refractivity contribution >= 4 is 0 Å². The van der Waals surface area contributed by atoms with Crippen molar-refractivity contribution < 1.29 is 5.11 Å². The minimum atomic E-state index is 0.322. The SMILES string of the molecule is Cc1ccc(O)c(C(CCN(C(C)C)C(C)C)Cc2ccccc2)c1. The number of phenols is 1. The zero-order valence-corrected chi connectivity index (χ0v) is 16.4. The van der Waals surface area contributed by atoms with E-state index in [2.05, 4.69) is 75.9 Å². The summed E-state index contributed by atoms with van der Waals surface area (Å²) in [5.41, 5.74) is 3.61. The van der Waals surface area contributed by atoms with Crippen molar-refractivity contribution in [3.63, 3.8) is 0 Å². The first-order valence-corrected chi connectivity index (χ1v) is 9.47. The van der Waals surface area contributed by atoms with Crippen molar-refractivity contribution in [3.8, 4) is 5.75 Å². The van der Waals surface area contributed by atoms with E-state index in [9.17, 15) is 5.11 Å². The molecule has 2 heteroatoms. The lowest BCUT2D eigenvalue weighted by Crippen LogP contribution is -2.38. The van der Waals surface area contributed by atoms with E-state index in [1.807, 2.05) is 12.1 Å². The molecule has 1 atom stereocenters. The van der Waals surface area contributed by atoms with E-state index in [1.54, 1.807) is 0 Å². The monoisotopic (exact) mass is 339 g/mol. The molecular formula is C23H33NO. The molecule has 0 aliphatic carbocycles. The molecule has 0 bridgehead atoms. The highest BCUT2D eigenvalue weighted by atomic mass is 16.3. The van der Waals surface area contributed by atoms with Crippen LogP contribution in [0, 0.1) is 6.92 Å². The van der Waals surface area contributed by atoms with Crippen molar-refractivity contribution in [3.05, 3.63) is 65.2 Å². The van der Waals surface area contributed by atoms with Crippen LogP contribution in [0.3, 0.4) is 0 Å². The van der Waals surface area contributed by atoms with Crippen LogP contribution in [0.2, 0.25) is 0 Å². The Morgan fingerprint density at radius 2 is 1.56 bits per heavy atom. The Morgan fingerprint density at radius 3 is 2.16 bits per heavy atom. The molecule has 0 heterocycles. The van der Waals surface area contributed by atoms with Crippen molar-refractivity contribution in [1.29, 1.82) is 0 Å². The lowest BCUT2D eigenvalue weighted by atomic mass is 9.87. The Bertz CT molecular complexity index is 640. The topological polar surface area (TPSA) is 23.5 Å². The molecule has 2 aromatic rings. The van der Waals surface area contributed by atoms with Gasteiger partial charge in [-0.15, -0.1) is 0 Å². The van der Waals surface area contributed by atoms with E-state index in [0.29, 0.717) is 23.8 Å². The largest absolute Gasteiger partial charge is 0.508 e. The van der Waals surface area contributed by atoms with Crippen molar-refractivity contribution in [1.82, 2.24) is 4.90 Å². The summed E-state index contributed by atoms with van der Waals surface area (Å²) in [6.45, 7) is 12.2. The van der Waals surface area contributed by atoms with Gasteiger partial charge < -0.3 is 5.11 Å². The van der Waals surface area contributed by atoms with Gasteiger partial charge in [0.25, 0.3) is 0 Å². The van der Waals surface area contributed by atoms with Gasteiger partial charge in [0, 0.05) is 12.1 Å². The number of phenolic OH excluding ortho intramolecular Hbond substituents is 1. The molecule has 2 nitrogen and oxygen atoms in total. The van der Waals surface area contributed by atoms with E-state index in [-0.39, 0.29) is 0 Å². The molecule has 0 aliphatic rings. The molecule has 0 aliphatic heterocycles. The van der Waals surface area contributed by atoms with Gasteiger partial charge in [-0.2, -0.15) is 0 Å². The van der Waals surface area contributed by atoms with E-state index >= 15 is 0 Å². The summed E-state index contributed by atoms with van der Waals surface area (Å²) in [4.78, 5) is 2.53. The summed E-state index contributed by atoms with van der Waals surface area (Å²) < 4.78 is 0. The number of rotatable bonds is 8. The number of hydrogen-bond acceptors (Lipinski definition) is 2. The van der Waals surface area contributed by atoms with Crippen LogP contribution < -0.4 is 0 Å². The van der Waals surface area contributed by atoms with Gasteiger partial charge in [-0.05, 0) is 77.1 Å². The Kier molecular flexibility index (Phi) is 7.07. The van der Waals surface area contributed by atoms with Crippen LogP contribution in [0.15, 0.2) is 48.5 Å². The molecular weight excluding hydrogens is 306 g/mol. The third kappa shape index (κ3) is 5.61. The van der Waals surface area contributed by atoms with Crippen LogP contribution in [0.5, 0.6) is 5.75 Å². The molecule has 0 fully saturated rings. The normalized spacial score (nSPS) is 13.0. The molecule has 0 saturated heterocycles. The zero-order chi connectivity index (χ0) is 18.4. The first kappa shape index (κ1) is 19.5. The minimum absolute atomic E-state index is 0.322. The number of hydrogen-bond donors (Lipinski definition) is 1. The molecule has 0 spiro atoms. The van der Waals surface area contributed by atoms with Crippen molar-refractivity contribution in [2.75, 3.05) is 6.54 Å². The van der Waals surface area contributed by atoms with Crippen LogP contribution in [0.1, 0.15) is 56.7 Å². The van der Waals surface area contributed by atoms with Crippen LogP contribution in [-0.2, 0) is 6.42 Å². The number of benzene rings is 2. The molecule has 136 valence electrons. The highest BCUT2D eigenvalue weighted by molar-refractivity contribution is 5.39. The van der Waals surface area contributed by atoms with Crippen LogP contribution in [0.25, 0.3) is 0 Å². The zero-order valence-electron chi connectivity index (χ0n) is 16.4. The van der Waals surface area contributed by atoms with Crippen molar-refractivity contribution in [2.45, 2.75) is 65.5 Å². The quantitative estimate of drug-likeness (QED) is 0.683. The van der Waals surface area contributed by atoms with Gasteiger partial charge in [-0.25, -0.2) is 0 Å². The highest BCUT2D eigenvalue weighted by Crippen LogP contribution is 2.32. The van der Waals surface area contributed by atoms with Gasteiger partial charge in [0.05, 0.1) is 0 Å². The lowest BCUT2D eigenvalue weighted by molar-refractivity contribution is 0.168. The molecule has 2 rings (SSSR count). The molecule has 0 amide bonds. The van der Waals surface area contributed by atoms with Gasteiger partial charge in [-0.1, -0.05) is 48.0 Å². The summed E-state index contributed by atoms with van der Waals surface area (Å²) >= 11 is 0. The fraction of sp³-hybridized carbons (Fsp3) is 0.478. The van der Waals surface area contributed by atoms with E-state index < -0.39 is 0 Å². The molecule has 0 aromatic heterocycles. The third-order valence-electron chi connectivity index (χ3n) is 5.01. The Morgan fingerprint density at radius 1 is 0.920 bits per heavy atom. The summed E-state index contributed by atoms with van der Waals surface area (Å²) in [6, 6.07) is 17.6. The number of nitrogens with zero attached hydrogens (tertiary/aromatic N) is 1. The molecule has 0 radical (unpaired) electrons.